The molecular weight excluding hydrogens is 332 g/mol. The Morgan fingerprint density at radius 1 is 1.35 bits per heavy atom. The van der Waals surface area contributed by atoms with Crippen LogP contribution in [0, 0.1) is 0 Å². The molecular formula is C16H19BrN2S. The van der Waals surface area contributed by atoms with Crippen molar-refractivity contribution in [2.24, 2.45) is 0 Å². The predicted octanol–water partition coefficient (Wildman–Crippen LogP) is 4.29. The van der Waals surface area contributed by atoms with Crippen LogP contribution in [-0.4, -0.2) is 12.0 Å². The summed E-state index contributed by atoms with van der Waals surface area (Å²) < 4.78 is 1.04. The van der Waals surface area contributed by atoms with Crippen LogP contribution in [0.4, 0.5) is 0 Å². The van der Waals surface area contributed by atoms with Gasteiger partial charge in [-0.1, -0.05) is 0 Å². The first-order valence-corrected chi connectivity index (χ1v) is 8.76. The number of pyridine rings is 1. The maximum absolute atomic E-state index is 4.49. The molecule has 0 aliphatic heterocycles. The Labute approximate surface area is 132 Å². The summed E-state index contributed by atoms with van der Waals surface area (Å²) in [4.78, 5) is 7.56. The number of nitrogens with one attached hydrogen (secondary N) is 1. The topological polar surface area (TPSA) is 24.9 Å². The number of nitrogens with zero attached hydrogens (tertiary/aromatic N) is 1. The lowest BCUT2D eigenvalue weighted by atomic mass is 9.98. The van der Waals surface area contributed by atoms with Gasteiger partial charge in [-0.3, -0.25) is 4.98 Å². The zero-order valence-electron chi connectivity index (χ0n) is 11.7. The van der Waals surface area contributed by atoms with E-state index in [4.69, 9.17) is 0 Å². The van der Waals surface area contributed by atoms with Gasteiger partial charge < -0.3 is 5.32 Å². The normalized spacial score (nSPS) is 15.9. The van der Waals surface area contributed by atoms with Crippen molar-refractivity contribution in [1.82, 2.24) is 10.3 Å². The maximum Gasteiger partial charge on any atom is 0.0468 e. The minimum atomic E-state index is 0.374. The standard InChI is InChI=1S/C16H19BrN2S/c1-18-14(9-13-7-6-12(17)10-19-13)16-8-11-4-2-3-5-15(11)20-16/h6-8,10,14,18H,2-5,9H2,1H3. The van der Waals surface area contributed by atoms with Gasteiger partial charge >= 0.3 is 0 Å². The van der Waals surface area contributed by atoms with Crippen LogP contribution in [-0.2, 0) is 19.3 Å². The van der Waals surface area contributed by atoms with Gasteiger partial charge in [-0.25, -0.2) is 0 Å². The summed E-state index contributed by atoms with van der Waals surface area (Å²) in [6, 6.07) is 6.95. The van der Waals surface area contributed by atoms with Gasteiger partial charge in [-0.05, 0) is 72.4 Å². The summed E-state index contributed by atoms with van der Waals surface area (Å²) in [6.07, 6.45) is 8.06. The molecule has 2 aromatic rings. The van der Waals surface area contributed by atoms with E-state index in [1.165, 1.54) is 30.6 Å². The number of thiophene rings is 1. The second-order valence-corrected chi connectivity index (χ2v) is 7.40. The van der Waals surface area contributed by atoms with Crippen LogP contribution < -0.4 is 5.32 Å². The zero-order chi connectivity index (χ0) is 13.9. The maximum atomic E-state index is 4.49. The van der Waals surface area contributed by atoms with Crippen LogP contribution in [0.3, 0.4) is 0 Å². The Kier molecular flexibility index (Phi) is 4.54. The van der Waals surface area contributed by atoms with Gasteiger partial charge in [0, 0.05) is 38.6 Å². The summed E-state index contributed by atoms with van der Waals surface area (Å²) >= 11 is 5.43. The van der Waals surface area contributed by atoms with Gasteiger partial charge in [0.05, 0.1) is 0 Å². The first-order chi connectivity index (χ1) is 9.76. The third-order valence-electron chi connectivity index (χ3n) is 3.91. The predicted molar refractivity (Wildman–Crippen MR) is 88.4 cm³/mol. The minimum absolute atomic E-state index is 0.374. The Morgan fingerprint density at radius 3 is 2.90 bits per heavy atom. The zero-order valence-corrected chi connectivity index (χ0v) is 14.1. The van der Waals surface area contributed by atoms with Gasteiger partial charge in [-0.2, -0.15) is 0 Å². The van der Waals surface area contributed by atoms with Crippen LogP contribution >= 0.6 is 27.3 Å². The molecule has 1 unspecified atom stereocenters. The lowest BCUT2D eigenvalue weighted by Gasteiger charge is -2.14. The van der Waals surface area contributed by atoms with Crippen molar-refractivity contribution in [2.75, 3.05) is 7.05 Å². The highest BCUT2D eigenvalue weighted by Gasteiger charge is 2.18. The van der Waals surface area contributed by atoms with Gasteiger partial charge in [-0.15, -0.1) is 11.3 Å². The monoisotopic (exact) mass is 350 g/mol. The Hall–Kier alpha value is -0.710. The van der Waals surface area contributed by atoms with Crippen LogP contribution in [0.25, 0.3) is 0 Å². The average Bonchev–Trinajstić information content (AvgIpc) is 2.90. The summed E-state index contributed by atoms with van der Waals surface area (Å²) in [5, 5.41) is 3.45. The number of hydrogen-bond acceptors (Lipinski definition) is 3. The molecule has 0 saturated carbocycles. The van der Waals surface area contributed by atoms with Crippen LogP contribution in [0.5, 0.6) is 0 Å². The molecule has 0 fully saturated rings. The lowest BCUT2D eigenvalue weighted by Crippen LogP contribution is -2.18. The summed E-state index contributed by atoms with van der Waals surface area (Å²) in [5.74, 6) is 0. The first-order valence-electron chi connectivity index (χ1n) is 7.15. The molecule has 1 aliphatic carbocycles. The molecule has 0 bridgehead atoms. The van der Waals surface area contributed by atoms with Crippen LogP contribution in [0.1, 0.15) is 39.9 Å². The molecule has 1 aliphatic rings. The number of fused-ring (bicyclic) bond motifs is 1. The summed E-state index contributed by atoms with van der Waals surface area (Å²) in [6.45, 7) is 0. The van der Waals surface area contributed by atoms with Crippen molar-refractivity contribution in [2.45, 2.75) is 38.1 Å². The van der Waals surface area contributed by atoms with Crippen molar-refractivity contribution in [1.29, 1.82) is 0 Å². The van der Waals surface area contributed by atoms with E-state index in [9.17, 15) is 0 Å². The number of halogens is 1. The highest BCUT2D eigenvalue weighted by atomic mass is 79.9. The smallest absolute Gasteiger partial charge is 0.0468 e. The second kappa shape index (κ2) is 6.37. The highest BCUT2D eigenvalue weighted by molar-refractivity contribution is 9.10. The van der Waals surface area contributed by atoms with Gasteiger partial charge in [0.1, 0.15) is 0 Å². The van der Waals surface area contributed by atoms with Crippen molar-refractivity contribution >= 4 is 27.3 Å². The highest BCUT2D eigenvalue weighted by Crippen LogP contribution is 2.33. The largest absolute Gasteiger partial charge is 0.312 e. The summed E-state index contributed by atoms with van der Waals surface area (Å²) in [7, 11) is 2.04. The average molecular weight is 351 g/mol. The van der Waals surface area contributed by atoms with E-state index in [1.54, 1.807) is 10.4 Å². The van der Waals surface area contributed by atoms with Crippen molar-refractivity contribution in [3.63, 3.8) is 0 Å². The van der Waals surface area contributed by atoms with E-state index >= 15 is 0 Å². The van der Waals surface area contributed by atoms with Crippen molar-refractivity contribution < 1.29 is 0 Å². The van der Waals surface area contributed by atoms with Crippen LogP contribution in [0.15, 0.2) is 28.9 Å². The molecule has 2 nitrogen and oxygen atoms in total. The fourth-order valence-corrected chi connectivity index (χ4v) is 4.37. The lowest BCUT2D eigenvalue weighted by molar-refractivity contribution is 0.593. The SMILES string of the molecule is CNC(Cc1ccc(Br)cn1)c1cc2c(s1)CCCC2. The van der Waals surface area contributed by atoms with Crippen LogP contribution in [0.2, 0.25) is 0 Å². The van der Waals surface area contributed by atoms with E-state index in [0.717, 1.165) is 16.6 Å². The van der Waals surface area contributed by atoms with E-state index in [0.29, 0.717) is 6.04 Å². The molecule has 20 heavy (non-hydrogen) atoms. The molecule has 2 aromatic heterocycles. The molecule has 0 amide bonds. The van der Waals surface area contributed by atoms with Crippen molar-refractivity contribution in [3.05, 3.63) is 49.9 Å². The Morgan fingerprint density at radius 2 is 2.20 bits per heavy atom. The summed E-state index contributed by atoms with van der Waals surface area (Å²) in [5.41, 5.74) is 2.72. The molecule has 0 radical (unpaired) electrons. The van der Waals surface area contributed by atoms with Crippen molar-refractivity contribution in [3.8, 4) is 0 Å². The first kappa shape index (κ1) is 14.2. The fraction of sp³-hybridized carbons (Fsp3) is 0.438. The molecule has 1 atom stereocenters. The second-order valence-electron chi connectivity index (χ2n) is 5.32. The molecule has 2 heterocycles. The van der Waals surface area contributed by atoms with Gasteiger partial charge in [0.2, 0.25) is 0 Å². The fourth-order valence-electron chi connectivity index (χ4n) is 2.77. The number of hydrogen-bond donors (Lipinski definition) is 1. The molecule has 3 rings (SSSR count). The molecule has 1 N–H and O–H groups in total. The molecule has 0 spiro atoms. The number of aryl methyl sites for hydroxylation is 2. The molecule has 0 saturated heterocycles. The third-order valence-corrected chi connectivity index (χ3v) is 5.73. The van der Waals surface area contributed by atoms with E-state index in [2.05, 4.69) is 44.4 Å². The number of aromatic nitrogens is 1. The van der Waals surface area contributed by atoms with E-state index < -0.39 is 0 Å². The minimum Gasteiger partial charge on any atom is -0.312 e. The van der Waals surface area contributed by atoms with Gasteiger partial charge in [0.25, 0.3) is 0 Å². The number of rotatable bonds is 4. The third kappa shape index (κ3) is 3.13. The molecule has 0 aromatic carbocycles. The molecule has 4 heteroatoms. The molecule has 106 valence electrons. The van der Waals surface area contributed by atoms with E-state index in [1.807, 2.05) is 24.6 Å². The van der Waals surface area contributed by atoms with E-state index in [-0.39, 0.29) is 0 Å². The quantitative estimate of drug-likeness (QED) is 0.889. The Balaban J connectivity index is 1.79. The Bertz CT molecular complexity index is 553. The number of likely N-dealkylation sites (N-methyl/N-ethyl adjacent to an activating group) is 1. The van der Waals surface area contributed by atoms with Gasteiger partial charge in [0.15, 0.2) is 0 Å².